The van der Waals surface area contributed by atoms with Gasteiger partial charge in [0, 0.05) is 39.1 Å². The third-order valence-corrected chi connectivity index (χ3v) is 15.9. The SMILES string of the molecule is CCCCC(CC)CCCc1cc2c3c(ccc4c5c(CCCC(CC)CCCC)c(C(=O)O)c(C(N)=NC6CCCCC6)c6c(C(=O)NC7CCCCC7)ccc(c1c34)c65)C(=O)NC2=O. The third-order valence-electron chi connectivity index (χ3n) is 15.9. The number of nitrogens with one attached hydrogen (secondary N) is 2. The first kappa shape index (κ1) is 47.4. The van der Waals surface area contributed by atoms with E-state index < -0.39 is 17.8 Å². The third kappa shape index (κ3) is 9.42. The zero-order valence-corrected chi connectivity index (χ0v) is 40.3. The second-order valence-electron chi connectivity index (χ2n) is 20.2. The van der Waals surface area contributed by atoms with Crippen LogP contribution in [0.15, 0.2) is 35.3 Å². The van der Waals surface area contributed by atoms with Gasteiger partial charge in [-0.15, -0.1) is 0 Å². The van der Waals surface area contributed by atoms with E-state index in [1.165, 1.54) is 19.3 Å². The molecule has 0 radical (unpaired) electrons. The van der Waals surface area contributed by atoms with Crippen LogP contribution in [0.3, 0.4) is 0 Å². The van der Waals surface area contributed by atoms with E-state index in [0.717, 1.165) is 166 Å². The number of carbonyl (C=O) groups excluding carboxylic acids is 3. The molecule has 8 rings (SSSR count). The Kier molecular flexibility index (Phi) is 15.3. The lowest BCUT2D eigenvalue weighted by atomic mass is 9.77. The molecule has 0 aromatic heterocycles. The number of aliphatic imine (C=N–C) groups is 1. The van der Waals surface area contributed by atoms with E-state index >= 15 is 0 Å². The first-order chi connectivity index (χ1) is 32.1. The van der Waals surface area contributed by atoms with Crippen molar-refractivity contribution >= 4 is 72.6 Å². The highest BCUT2D eigenvalue weighted by Crippen LogP contribution is 2.49. The van der Waals surface area contributed by atoms with Crippen molar-refractivity contribution in [3.63, 3.8) is 0 Å². The van der Waals surface area contributed by atoms with Gasteiger partial charge in [0.1, 0.15) is 5.84 Å². The summed E-state index contributed by atoms with van der Waals surface area (Å²) in [4.78, 5) is 62.1. The second kappa shape index (κ2) is 21.3. The zero-order valence-electron chi connectivity index (χ0n) is 40.3. The molecule has 2 saturated carbocycles. The number of carbonyl (C=O) groups is 4. The summed E-state index contributed by atoms with van der Waals surface area (Å²) in [5, 5.41) is 23.9. The number of imide groups is 1. The van der Waals surface area contributed by atoms with Crippen LogP contribution < -0.4 is 16.4 Å². The molecule has 0 spiro atoms. The van der Waals surface area contributed by atoms with E-state index in [0.29, 0.717) is 56.8 Å². The van der Waals surface area contributed by atoms with Gasteiger partial charge >= 0.3 is 5.97 Å². The van der Waals surface area contributed by atoms with Crippen LogP contribution in [0, 0.1) is 11.8 Å². The summed E-state index contributed by atoms with van der Waals surface area (Å²) in [6.07, 6.45) is 24.1. The number of hydrogen-bond acceptors (Lipinski definition) is 5. The van der Waals surface area contributed by atoms with Crippen molar-refractivity contribution in [2.24, 2.45) is 22.6 Å². The van der Waals surface area contributed by atoms with Crippen LogP contribution in [0.5, 0.6) is 0 Å². The Morgan fingerprint density at radius 2 is 1.26 bits per heavy atom. The molecule has 352 valence electrons. The number of hydrogen-bond donors (Lipinski definition) is 4. The molecule has 3 amide bonds. The number of nitrogens with zero attached hydrogens (tertiary/aromatic N) is 1. The number of fused-ring (bicyclic) bond motifs is 2. The fourth-order valence-electron chi connectivity index (χ4n) is 12.3. The molecule has 2 atom stereocenters. The van der Waals surface area contributed by atoms with Crippen molar-refractivity contribution in [3.05, 3.63) is 69.3 Å². The molecule has 1 heterocycles. The van der Waals surface area contributed by atoms with Gasteiger partial charge in [-0.1, -0.05) is 143 Å². The molecule has 2 aliphatic carbocycles. The summed E-state index contributed by atoms with van der Waals surface area (Å²) in [5.41, 5.74) is 10.8. The monoisotopic (exact) mass is 895 g/mol. The maximum Gasteiger partial charge on any atom is 0.336 e. The molecule has 0 saturated heterocycles. The van der Waals surface area contributed by atoms with E-state index in [2.05, 4.69) is 44.4 Å². The number of aromatic carboxylic acids is 1. The lowest BCUT2D eigenvalue weighted by Crippen LogP contribution is -2.36. The molecule has 5 aromatic rings. The minimum absolute atomic E-state index is 0.0268. The maximum absolute atomic E-state index is 15.0. The second-order valence-corrected chi connectivity index (χ2v) is 20.2. The predicted molar refractivity (Wildman–Crippen MR) is 271 cm³/mol. The average molecular weight is 895 g/mol. The minimum Gasteiger partial charge on any atom is -0.478 e. The summed E-state index contributed by atoms with van der Waals surface area (Å²) >= 11 is 0. The molecular weight excluding hydrogens is 821 g/mol. The highest BCUT2D eigenvalue weighted by molar-refractivity contribution is 6.42. The molecule has 1 aliphatic heterocycles. The minimum atomic E-state index is -1.10. The first-order valence-electron chi connectivity index (χ1n) is 26.1. The van der Waals surface area contributed by atoms with Gasteiger partial charge in [0.25, 0.3) is 17.7 Å². The summed E-state index contributed by atoms with van der Waals surface area (Å²) in [5.74, 6) is -0.863. The van der Waals surface area contributed by atoms with E-state index in [1.807, 2.05) is 18.2 Å². The Hall–Kier alpha value is -5.05. The average Bonchev–Trinajstić information content (AvgIpc) is 3.32. The standard InChI is InChI=1S/C57H74N4O5/c1-5-9-19-34(7-3)21-17-23-36-33-44-47-42(55(63)61-56(44)64)31-30-41-46-39(28-18-22-35(8-4)20-10-6-2)51(57(65)66)52(53(58)59-37-24-13-11-14-25-37)50-43(54(62)60-38-26-15-12-16-27-38)32-29-40(49(46)50)45(36)48(41)47/h29-35,37-38H,5-28H2,1-4H3,(H2,58,59)(H,60,62)(H,65,66)(H,61,63,64). The van der Waals surface area contributed by atoms with Gasteiger partial charge in [0.2, 0.25) is 0 Å². The summed E-state index contributed by atoms with van der Waals surface area (Å²) in [6.45, 7) is 8.98. The summed E-state index contributed by atoms with van der Waals surface area (Å²) in [6, 6.07) is 9.71. The number of nitrogens with two attached hydrogens (primary N) is 1. The smallest absolute Gasteiger partial charge is 0.336 e. The number of carboxylic acid groups (broad SMARTS) is 1. The zero-order chi connectivity index (χ0) is 46.5. The molecule has 2 unspecified atom stereocenters. The number of aryl methyl sites for hydroxylation is 2. The molecule has 5 N–H and O–H groups in total. The van der Waals surface area contributed by atoms with E-state index in [9.17, 15) is 24.3 Å². The van der Waals surface area contributed by atoms with Gasteiger partial charge < -0.3 is 16.2 Å². The number of benzene rings is 5. The van der Waals surface area contributed by atoms with E-state index in [4.69, 9.17) is 10.7 Å². The highest BCUT2D eigenvalue weighted by Gasteiger charge is 2.34. The Morgan fingerprint density at radius 3 is 1.89 bits per heavy atom. The number of rotatable bonds is 21. The Labute approximate surface area is 391 Å². The number of unbranched alkanes of at least 4 members (excludes halogenated alkanes) is 2. The van der Waals surface area contributed by atoms with Crippen LogP contribution in [0.1, 0.15) is 227 Å². The molecule has 3 aliphatic rings. The lowest BCUT2D eigenvalue weighted by Gasteiger charge is -2.28. The molecule has 9 nitrogen and oxygen atoms in total. The lowest BCUT2D eigenvalue weighted by molar-refractivity contribution is 0.0694. The topological polar surface area (TPSA) is 151 Å². The Balaban J connectivity index is 1.48. The van der Waals surface area contributed by atoms with Gasteiger partial charge in [0.05, 0.1) is 11.6 Å². The fraction of sp³-hybridized carbons (Fsp3) is 0.561. The molecule has 0 bridgehead atoms. The molecule has 2 fully saturated rings. The van der Waals surface area contributed by atoms with Gasteiger partial charge in [-0.05, 0) is 125 Å². The van der Waals surface area contributed by atoms with Crippen molar-refractivity contribution < 1.29 is 24.3 Å². The van der Waals surface area contributed by atoms with Crippen LogP contribution in [0.4, 0.5) is 0 Å². The Morgan fingerprint density at radius 1 is 0.682 bits per heavy atom. The summed E-state index contributed by atoms with van der Waals surface area (Å²) in [7, 11) is 0. The first-order valence-corrected chi connectivity index (χ1v) is 26.1. The van der Waals surface area contributed by atoms with E-state index in [1.54, 1.807) is 6.07 Å². The van der Waals surface area contributed by atoms with Crippen molar-refractivity contribution in [2.45, 2.75) is 194 Å². The summed E-state index contributed by atoms with van der Waals surface area (Å²) < 4.78 is 0. The van der Waals surface area contributed by atoms with Gasteiger partial charge in [-0.25, -0.2) is 4.79 Å². The molecular formula is C57H74N4O5. The number of amides is 3. The molecule has 66 heavy (non-hydrogen) atoms. The number of amidine groups is 1. The molecule has 9 heteroatoms. The maximum atomic E-state index is 15.0. The van der Waals surface area contributed by atoms with Crippen molar-refractivity contribution in [1.29, 1.82) is 0 Å². The number of carboxylic acids is 1. The van der Waals surface area contributed by atoms with Crippen molar-refractivity contribution in [3.8, 4) is 0 Å². The van der Waals surface area contributed by atoms with Crippen LogP contribution in [-0.2, 0) is 12.8 Å². The van der Waals surface area contributed by atoms with Crippen LogP contribution in [0.25, 0.3) is 43.1 Å². The largest absolute Gasteiger partial charge is 0.478 e. The van der Waals surface area contributed by atoms with Gasteiger partial charge in [0.15, 0.2) is 0 Å². The predicted octanol–water partition coefficient (Wildman–Crippen LogP) is 13.5. The Bertz CT molecular complexity index is 2630. The van der Waals surface area contributed by atoms with Crippen LogP contribution in [0.2, 0.25) is 0 Å². The quantitative estimate of drug-likeness (QED) is 0.0189. The highest BCUT2D eigenvalue weighted by atomic mass is 16.4. The normalized spacial score (nSPS) is 17.3. The van der Waals surface area contributed by atoms with E-state index in [-0.39, 0.29) is 29.4 Å². The van der Waals surface area contributed by atoms with Crippen LogP contribution >= 0.6 is 0 Å². The molecule has 5 aromatic carbocycles. The fourth-order valence-corrected chi connectivity index (χ4v) is 12.3. The van der Waals surface area contributed by atoms with Crippen LogP contribution in [-0.4, -0.2) is 46.7 Å². The van der Waals surface area contributed by atoms with Crippen molar-refractivity contribution in [1.82, 2.24) is 10.6 Å². The van der Waals surface area contributed by atoms with Crippen molar-refractivity contribution in [2.75, 3.05) is 0 Å². The van der Waals surface area contributed by atoms with Gasteiger partial charge in [-0.3, -0.25) is 24.7 Å². The van der Waals surface area contributed by atoms with Gasteiger partial charge in [-0.2, -0.15) is 0 Å².